The van der Waals surface area contributed by atoms with Crippen LogP contribution in [0.2, 0.25) is 5.02 Å². The minimum absolute atomic E-state index is 0.216. The molecule has 1 N–H and O–H groups in total. The van der Waals surface area contributed by atoms with Gasteiger partial charge in [0.15, 0.2) is 11.5 Å². The van der Waals surface area contributed by atoms with Gasteiger partial charge >= 0.3 is 0 Å². The first-order valence-corrected chi connectivity index (χ1v) is 9.05. The fourth-order valence-electron chi connectivity index (χ4n) is 2.33. The molecule has 4 nitrogen and oxygen atoms in total. The number of hydrogen-bond acceptors (Lipinski definition) is 3. The lowest BCUT2D eigenvalue weighted by Gasteiger charge is -2.11. The van der Waals surface area contributed by atoms with E-state index in [0.29, 0.717) is 28.8 Å². The van der Waals surface area contributed by atoms with Gasteiger partial charge in [-0.15, -0.1) is 0 Å². The second kappa shape index (κ2) is 10.5. The molecule has 2 aromatic carbocycles. The summed E-state index contributed by atoms with van der Waals surface area (Å²) in [6, 6.07) is 12.6. The van der Waals surface area contributed by atoms with Crippen LogP contribution in [0.1, 0.15) is 31.7 Å². The summed E-state index contributed by atoms with van der Waals surface area (Å²) in [7, 11) is 1.61. The third-order valence-electron chi connectivity index (χ3n) is 3.73. The number of hydrogen-bond donors (Lipinski definition) is 1. The summed E-state index contributed by atoms with van der Waals surface area (Å²) in [6.07, 6.45) is 6.53. The highest BCUT2D eigenvalue weighted by Crippen LogP contribution is 2.28. The number of unbranched alkanes of at least 4 members (excludes halogenated alkanes) is 2. The standard InChI is InChI=1S/C21H24ClNO3/c1-3-4-5-14-26-19-12-6-16(15-20(19)25-2)7-13-21(24)23-18-10-8-17(22)9-11-18/h6-13,15H,3-5,14H2,1-2H3,(H,23,24). The maximum absolute atomic E-state index is 12.0. The summed E-state index contributed by atoms with van der Waals surface area (Å²) < 4.78 is 11.1. The van der Waals surface area contributed by atoms with Crippen LogP contribution in [0.15, 0.2) is 48.5 Å². The van der Waals surface area contributed by atoms with Crippen LogP contribution in [0.25, 0.3) is 6.08 Å². The summed E-state index contributed by atoms with van der Waals surface area (Å²) in [5, 5.41) is 3.41. The van der Waals surface area contributed by atoms with Gasteiger partial charge in [0.25, 0.3) is 0 Å². The van der Waals surface area contributed by atoms with E-state index in [-0.39, 0.29) is 5.91 Å². The number of amides is 1. The smallest absolute Gasteiger partial charge is 0.248 e. The third-order valence-corrected chi connectivity index (χ3v) is 3.98. The number of carbonyl (C=O) groups excluding carboxylic acids is 1. The van der Waals surface area contributed by atoms with Crippen molar-refractivity contribution in [3.05, 3.63) is 59.1 Å². The van der Waals surface area contributed by atoms with Gasteiger partial charge in [0.2, 0.25) is 5.91 Å². The van der Waals surface area contributed by atoms with E-state index in [0.717, 1.165) is 24.8 Å². The Morgan fingerprint density at radius 1 is 1.12 bits per heavy atom. The van der Waals surface area contributed by atoms with Crippen LogP contribution < -0.4 is 14.8 Å². The average molecular weight is 374 g/mol. The van der Waals surface area contributed by atoms with Crippen LogP contribution in [-0.4, -0.2) is 19.6 Å². The van der Waals surface area contributed by atoms with Crippen molar-refractivity contribution in [2.45, 2.75) is 26.2 Å². The topological polar surface area (TPSA) is 47.6 Å². The second-order valence-corrected chi connectivity index (χ2v) is 6.23. The first-order valence-electron chi connectivity index (χ1n) is 8.68. The van der Waals surface area contributed by atoms with Crippen LogP contribution in [-0.2, 0) is 4.79 Å². The Labute approximate surface area is 159 Å². The first kappa shape index (κ1) is 19.9. The molecule has 0 heterocycles. The number of carbonyl (C=O) groups is 1. The molecule has 0 radical (unpaired) electrons. The first-order chi connectivity index (χ1) is 12.6. The highest BCUT2D eigenvalue weighted by Gasteiger charge is 2.05. The average Bonchev–Trinajstić information content (AvgIpc) is 2.66. The van der Waals surface area contributed by atoms with Crippen molar-refractivity contribution in [2.75, 3.05) is 19.0 Å². The molecule has 0 unspecified atom stereocenters. The third kappa shape index (κ3) is 6.45. The summed E-state index contributed by atoms with van der Waals surface area (Å²) in [6.45, 7) is 2.83. The number of rotatable bonds is 9. The minimum Gasteiger partial charge on any atom is -0.493 e. The number of ether oxygens (including phenoxy) is 2. The van der Waals surface area contributed by atoms with E-state index in [1.807, 2.05) is 18.2 Å². The van der Waals surface area contributed by atoms with Gasteiger partial charge in [-0.1, -0.05) is 37.4 Å². The number of anilines is 1. The van der Waals surface area contributed by atoms with Crippen LogP contribution >= 0.6 is 11.6 Å². The summed E-state index contributed by atoms with van der Waals surface area (Å²) in [5.41, 5.74) is 1.55. The Bertz CT molecular complexity index is 741. The van der Waals surface area contributed by atoms with Crippen molar-refractivity contribution >= 4 is 29.3 Å². The summed E-state index contributed by atoms with van der Waals surface area (Å²) in [4.78, 5) is 12.0. The minimum atomic E-state index is -0.216. The van der Waals surface area contributed by atoms with Crippen LogP contribution in [0.4, 0.5) is 5.69 Å². The molecule has 0 spiro atoms. The molecule has 2 aromatic rings. The van der Waals surface area contributed by atoms with Crippen molar-refractivity contribution in [3.63, 3.8) is 0 Å². The van der Waals surface area contributed by atoms with Gasteiger partial charge in [0.05, 0.1) is 13.7 Å². The van der Waals surface area contributed by atoms with E-state index in [1.54, 1.807) is 37.5 Å². The highest BCUT2D eigenvalue weighted by atomic mass is 35.5. The molecule has 0 atom stereocenters. The van der Waals surface area contributed by atoms with Crippen molar-refractivity contribution in [3.8, 4) is 11.5 Å². The van der Waals surface area contributed by atoms with Crippen molar-refractivity contribution < 1.29 is 14.3 Å². The van der Waals surface area contributed by atoms with Gasteiger partial charge < -0.3 is 14.8 Å². The number of methoxy groups -OCH3 is 1. The zero-order valence-electron chi connectivity index (χ0n) is 15.1. The van der Waals surface area contributed by atoms with E-state index in [9.17, 15) is 4.79 Å². The maximum atomic E-state index is 12.0. The van der Waals surface area contributed by atoms with Gasteiger partial charge in [0, 0.05) is 16.8 Å². The van der Waals surface area contributed by atoms with Gasteiger partial charge in [0.1, 0.15) is 0 Å². The van der Waals surface area contributed by atoms with E-state index < -0.39 is 0 Å². The van der Waals surface area contributed by atoms with Crippen molar-refractivity contribution in [2.24, 2.45) is 0 Å². The second-order valence-electron chi connectivity index (χ2n) is 5.80. The van der Waals surface area contributed by atoms with Gasteiger partial charge in [-0.2, -0.15) is 0 Å². The molecule has 0 aliphatic rings. The van der Waals surface area contributed by atoms with Crippen molar-refractivity contribution in [1.29, 1.82) is 0 Å². The van der Waals surface area contributed by atoms with Crippen LogP contribution in [0.5, 0.6) is 11.5 Å². The maximum Gasteiger partial charge on any atom is 0.248 e. The fourth-order valence-corrected chi connectivity index (χ4v) is 2.46. The zero-order valence-corrected chi connectivity index (χ0v) is 15.9. The number of nitrogens with one attached hydrogen (secondary N) is 1. The number of halogens is 1. The molecule has 0 aliphatic heterocycles. The van der Waals surface area contributed by atoms with Gasteiger partial charge in [-0.25, -0.2) is 0 Å². The molecule has 1 amide bonds. The Morgan fingerprint density at radius 3 is 2.58 bits per heavy atom. The molecule has 0 aromatic heterocycles. The summed E-state index contributed by atoms with van der Waals surface area (Å²) in [5.74, 6) is 1.15. The molecule has 2 rings (SSSR count). The van der Waals surface area contributed by atoms with E-state index in [1.165, 1.54) is 6.08 Å². The van der Waals surface area contributed by atoms with Gasteiger partial charge in [-0.05, 0) is 54.5 Å². The molecule has 5 heteroatoms. The summed E-state index contributed by atoms with van der Waals surface area (Å²) >= 11 is 5.83. The lowest BCUT2D eigenvalue weighted by molar-refractivity contribution is -0.111. The highest BCUT2D eigenvalue weighted by molar-refractivity contribution is 6.30. The fraction of sp³-hybridized carbons (Fsp3) is 0.286. The van der Waals surface area contributed by atoms with Crippen LogP contribution in [0, 0.1) is 0 Å². The number of benzene rings is 2. The SMILES string of the molecule is CCCCCOc1ccc(C=CC(=O)Nc2ccc(Cl)cc2)cc1OC. The quantitative estimate of drug-likeness (QED) is 0.461. The molecule has 138 valence electrons. The molecular formula is C21H24ClNO3. The van der Waals surface area contributed by atoms with Crippen molar-refractivity contribution in [1.82, 2.24) is 0 Å². The Morgan fingerprint density at radius 2 is 1.88 bits per heavy atom. The monoisotopic (exact) mass is 373 g/mol. The lowest BCUT2D eigenvalue weighted by Crippen LogP contribution is -2.07. The molecule has 0 fully saturated rings. The Hall–Kier alpha value is -2.46. The predicted octanol–water partition coefficient (Wildman–Crippen LogP) is 5.57. The molecule has 0 saturated heterocycles. The van der Waals surface area contributed by atoms with Crippen LogP contribution in [0.3, 0.4) is 0 Å². The Balaban J connectivity index is 1.96. The molecule has 0 saturated carbocycles. The predicted molar refractivity (Wildman–Crippen MR) is 107 cm³/mol. The molecular weight excluding hydrogens is 350 g/mol. The molecule has 26 heavy (non-hydrogen) atoms. The molecule has 0 aliphatic carbocycles. The van der Waals surface area contributed by atoms with Gasteiger partial charge in [-0.3, -0.25) is 4.79 Å². The lowest BCUT2D eigenvalue weighted by atomic mass is 10.2. The van der Waals surface area contributed by atoms with E-state index >= 15 is 0 Å². The zero-order chi connectivity index (χ0) is 18.8. The largest absolute Gasteiger partial charge is 0.493 e. The Kier molecular flexibility index (Phi) is 8.03. The van der Waals surface area contributed by atoms with E-state index in [2.05, 4.69) is 12.2 Å². The van der Waals surface area contributed by atoms with E-state index in [4.69, 9.17) is 21.1 Å². The molecule has 0 bridgehead atoms. The normalized spacial score (nSPS) is 10.7.